The Hall–Kier alpha value is -0.870. The van der Waals surface area contributed by atoms with E-state index in [1.54, 1.807) is 11.3 Å². The average Bonchev–Trinajstić information content (AvgIpc) is 3.03. The molecule has 0 spiro atoms. The van der Waals surface area contributed by atoms with Crippen molar-refractivity contribution in [3.05, 3.63) is 22.4 Å². The van der Waals surface area contributed by atoms with Crippen molar-refractivity contribution in [2.45, 2.75) is 38.1 Å². The lowest BCUT2D eigenvalue weighted by Gasteiger charge is -2.16. The van der Waals surface area contributed by atoms with Gasteiger partial charge in [-0.2, -0.15) is 11.3 Å². The number of aryl methyl sites for hydroxylation is 1. The number of thiophene rings is 1. The molecule has 1 aliphatic carbocycles. The Kier molecular flexibility index (Phi) is 4.57. The van der Waals surface area contributed by atoms with Crippen molar-refractivity contribution >= 4 is 17.2 Å². The largest absolute Gasteiger partial charge is 0.396 e. The highest BCUT2D eigenvalue weighted by Gasteiger charge is 2.31. The Morgan fingerprint density at radius 3 is 3.00 bits per heavy atom. The van der Waals surface area contributed by atoms with E-state index < -0.39 is 0 Å². The molecule has 94 valence electrons. The maximum Gasteiger partial charge on any atom is 0.220 e. The van der Waals surface area contributed by atoms with Gasteiger partial charge in [0.15, 0.2) is 0 Å². The zero-order valence-electron chi connectivity index (χ0n) is 9.89. The van der Waals surface area contributed by atoms with Crippen LogP contribution in [0.4, 0.5) is 0 Å². The molecule has 1 fully saturated rings. The van der Waals surface area contributed by atoms with Gasteiger partial charge in [-0.05, 0) is 54.0 Å². The van der Waals surface area contributed by atoms with Gasteiger partial charge in [0, 0.05) is 19.1 Å². The number of nitrogens with one attached hydrogen (secondary N) is 1. The molecule has 1 amide bonds. The monoisotopic (exact) mass is 253 g/mol. The minimum absolute atomic E-state index is 0.113. The molecular formula is C13H19NO2S. The number of rotatable bonds is 7. The van der Waals surface area contributed by atoms with Crippen molar-refractivity contribution in [2.24, 2.45) is 5.92 Å². The molecule has 2 N–H and O–H groups in total. The van der Waals surface area contributed by atoms with Crippen LogP contribution in [0.25, 0.3) is 0 Å². The SMILES string of the molecule is O=C(CCc1ccsc1)NC(CCO)C1CC1. The van der Waals surface area contributed by atoms with Crippen molar-refractivity contribution in [2.75, 3.05) is 6.61 Å². The Morgan fingerprint density at radius 2 is 2.41 bits per heavy atom. The lowest BCUT2D eigenvalue weighted by molar-refractivity contribution is -0.122. The van der Waals surface area contributed by atoms with Gasteiger partial charge in [0.1, 0.15) is 0 Å². The first-order chi connectivity index (χ1) is 8.29. The molecule has 1 aliphatic rings. The zero-order chi connectivity index (χ0) is 12.1. The third-order valence-corrected chi connectivity index (χ3v) is 3.93. The first-order valence-electron chi connectivity index (χ1n) is 6.21. The summed E-state index contributed by atoms with van der Waals surface area (Å²) in [4.78, 5) is 11.8. The quantitative estimate of drug-likeness (QED) is 0.780. The van der Waals surface area contributed by atoms with Gasteiger partial charge in [-0.25, -0.2) is 0 Å². The van der Waals surface area contributed by atoms with E-state index in [0.717, 1.165) is 6.42 Å². The van der Waals surface area contributed by atoms with Crippen LogP contribution in [-0.4, -0.2) is 23.7 Å². The highest BCUT2D eigenvalue weighted by Crippen LogP contribution is 2.33. The van der Waals surface area contributed by atoms with Crippen LogP contribution in [-0.2, 0) is 11.2 Å². The number of hydrogen-bond donors (Lipinski definition) is 2. The second kappa shape index (κ2) is 6.17. The normalized spacial score (nSPS) is 16.8. The van der Waals surface area contributed by atoms with Gasteiger partial charge in [0.05, 0.1) is 0 Å². The highest BCUT2D eigenvalue weighted by atomic mass is 32.1. The number of carbonyl (C=O) groups is 1. The molecule has 17 heavy (non-hydrogen) atoms. The molecule has 1 aromatic heterocycles. The van der Waals surface area contributed by atoms with Crippen molar-refractivity contribution in [3.8, 4) is 0 Å². The van der Waals surface area contributed by atoms with Gasteiger partial charge in [-0.3, -0.25) is 4.79 Å². The van der Waals surface area contributed by atoms with Gasteiger partial charge in [0.2, 0.25) is 5.91 Å². The number of aliphatic hydroxyl groups is 1. The standard InChI is InChI=1S/C13H19NO2S/c15-7-5-12(11-2-3-11)14-13(16)4-1-10-6-8-17-9-10/h6,8-9,11-12,15H,1-5,7H2,(H,14,16). The number of aliphatic hydroxyl groups excluding tert-OH is 1. The van der Waals surface area contributed by atoms with Gasteiger partial charge >= 0.3 is 0 Å². The summed E-state index contributed by atoms with van der Waals surface area (Å²) in [7, 11) is 0. The summed E-state index contributed by atoms with van der Waals surface area (Å²) in [5.74, 6) is 0.716. The summed E-state index contributed by atoms with van der Waals surface area (Å²) >= 11 is 1.66. The molecule has 4 heteroatoms. The average molecular weight is 253 g/mol. The topological polar surface area (TPSA) is 49.3 Å². The molecule has 0 bridgehead atoms. The van der Waals surface area contributed by atoms with Crippen LogP contribution >= 0.6 is 11.3 Å². The number of hydrogen-bond acceptors (Lipinski definition) is 3. The van der Waals surface area contributed by atoms with Crippen LogP contribution in [0.5, 0.6) is 0 Å². The summed E-state index contributed by atoms with van der Waals surface area (Å²) in [6.07, 6.45) is 4.43. The summed E-state index contributed by atoms with van der Waals surface area (Å²) in [6.45, 7) is 0.159. The molecule has 3 nitrogen and oxygen atoms in total. The van der Waals surface area contributed by atoms with Crippen LogP contribution in [0.1, 0.15) is 31.2 Å². The van der Waals surface area contributed by atoms with E-state index in [0.29, 0.717) is 18.8 Å². The van der Waals surface area contributed by atoms with Crippen LogP contribution in [0.3, 0.4) is 0 Å². The second-order valence-corrected chi connectivity index (χ2v) is 5.44. The van der Waals surface area contributed by atoms with Gasteiger partial charge in [0.25, 0.3) is 0 Å². The van der Waals surface area contributed by atoms with Crippen molar-refractivity contribution < 1.29 is 9.90 Å². The van der Waals surface area contributed by atoms with E-state index in [-0.39, 0.29) is 18.6 Å². The number of carbonyl (C=O) groups excluding carboxylic acids is 1. The van der Waals surface area contributed by atoms with Gasteiger partial charge in [-0.15, -0.1) is 0 Å². The van der Waals surface area contributed by atoms with E-state index in [2.05, 4.69) is 16.8 Å². The van der Waals surface area contributed by atoms with E-state index in [1.807, 2.05) is 5.38 Å². The van der Waals surface area contributed by atoms with Crippen LogP contribution < -0.4 is 5.32 Å². The summed E-state index contributed by atoms with van der Waals surface area (Å²) in [6, 6.07) is 2.25. The molecular weight excluding hydrogens is 234 g/mol. The van der Waals surface area contributed by atoms with E-state index in [4.69, 9.17) is 5.11 Å². The maximum absolute atomic E-state index is 11.8. The molecule has 0 saturated heterocycles. The molecule has 1 unspecified atom stereocenters. The van der Waals surface area contributed by atoms with E-state index in [1.165, 1.54) is 18.4 Å². The second-order valence-electron chi connectivity index (χ2n) is 4.66. The highest BCUT2D eigenvalue weighted by molar-refractivity contribution is 7.07. The summed E-state index contributed by atoms with van der Waals surface area (Å²) < 4.78 is 0. The van der Waals surface area contributed by atoms with Gasteiger partial charge < -0.3 is 10.4 Å². The Bertz CT molecular complexity index is 346. The Labute approximate surface area is 106 Å². The maximum atomic E-state index is 11.8. The molecule has 0 radical (unpaired) electrons. The predicted octanol–water partition coefficient (Wildman–Crippen LogP) is 1.96. The summed E-state index contributed by atoms with van der Waals surface area (Å²) in [5, 5.41) is 16.1. The Morgan fingerprint density at radius 1 is 1.59 bits per heavy atom. The van der Waals surface area contributed by atoms with Crippen molar-refractivity contribution in [1.82, 2.24) is 5.32 Å². The zero-order valence-corrected chi connectivity index (χ0v) is 10.7. The van der Waals surface area contributed by atoms with E-state index >= 15 is 0 Å². The third kappa shape index (κ3) is 4.13. The third-order valence-electron chi connectivity index (χ3n) is 3.20. The Balaban J connectivity index is 1.71. The minimum Gasteiger partial charge on any atom is -0.396 e. The fourth-order valence-corrected chi connectivity index (χ4v) is 2.74. The minimum atomic E-state index is 0.113. The molecule has 1 atom stereocenters. The van der Waals surface area contributed by atoms with Crippen LogP contribution in [0.15, 0.2) is 16.8 Å². The molecule has 2 rings (SSSR count). The van der Waals surface area contributed by atoms with Gasteiger partial charge in [-0.1, -0.05) is 0 Å². The summed E-state index contributed by atoms with van der Waals surface area (Å²) in [5.41, 5.74) is 1.23. The number of amides is 1. The van der Waals surface area contributed by atoms with E-state index in [9.17, 15) is 4.79 Å². The molecule has 0 aliphatic heterocycles. The fraction of sp³-hybridized carbons (Fsp3) is 0.615. The predicted molar refractivity (Wildman–Crippen MR) is 69.0 cm³/mol. The lowest BCUT2D eigenvalue weighted by atomic mass is 10.1. The van der Waals surface area contributed by atoms with Crippen LogP contribution in [0, 0.1) is 5.92 Å². The fourth-order valence-electron chi connectivity index (χ4n) is 2.04. The van der Waals surface area contributed by atoms with Crippen LogP contribution in [0.2, 0.25) is 0 Å². The lowest BCUT2D eigenvalue weighted by Crippen LogP contribution is -2.37. The van der Waals surface area contributed by atoms with Crippen molar-refractivity contribution in [1.29, 1.82) is 0 Å². The first kappa shape index (κ1) is 12.6. The molecule has 0 aromatic carbocycles. The molecule has 1 saturated carbocycles. The molecule has 1 aromatic rings. The van der Waals surface area contributed by atoms with Crippen molar-refractivity contribution in [3.63, 3.8) is 0 Å². The first-order valence-corrected chi connectivity index (χ1v) is 7.15. The smallest absolute Gasteiger partial charge is 0.220 e. The molecule has 1 heterocycles.